The minimum absolute atomic E-state index is 0.0183. The van der Waals surface area contributed by atoms with Gasteiger partial charge in [0.15, 0.2) is 5.96 Å². The second kappa shape index (κ2) is 20.1. The Morgan fingerprint density at radius 1 is 0.957 bits per heavy atom. The molecule has 0 aliphatic heterocycles. The van der Waals surface area contributed by atoms with Crippen molar-refractivity contribution >= 4 is 51.8 Å². The van der Waals surface area contributed by atoms with Crippen molar-refractivity contribution in [2.24, 2.45) is 34.0 Å². The van der Waals surface area contributed by atoms with Crippen molar-refractivity contribution in [1.29, 1.82) is 0 Å². The van der Waals surface area contributed by atoms with Crippen LogP contribution in [0.2, 0.25) is 0 Å². The molecule has 0 spiro atoms. The van der Waals surface area contributed by atoms with Gasteiger partial charge in [-0.25, -0.2) is 4.79 Å². The first-order chi connectivity index (χ1) is 22.3. The molecule has 0 bridgehead atoms. The number of nitrogens with two attached hydrogens (primary N) is 3. The normalized spacial score (nSPS) is 13.3. The number of ether oxygens (including phenoxy) is 1. The summed E-state index contributed by atoms with van der Waals surface area (Å²) in [5.74, 6) is -2.04. The van der Waals surface area contributed by atoms with Gasteiger partial charge in [0.1, 0.15) is 12.6 Å². The first-order valence-electron chi connectivity index (χ1n) is 15.7. The lowest BCUT2D eigenvalue weighted by Crippen LogP contribution is -2.61. The summed E-state index contributed by atoms with van der Waals surface area (Å²) in [4.78, 5) is 59.4. The van der Waals surface area contributed by atoms with Crippen molar-refractivity contribution in [3.8, 4) is 0 Å². The highest BCUT2D eigenvalue weighted by Gasteiger charge is 2.39. The number of hydrogen-bond acceptors (Lipinski definition) is 7. The van der Waals surface area contributed by atoms with E-state index in [2.05, 4.69) is 31.6 Å². The minimum Gasteiger partial charge on any atom is -0.445 e. The molecule has 2 aromatic carbocycles. The Hall–Kier alpha value is -4.23. The minimum atomic E-state index is -1.18. The highest BCUT2D eigenvalue weighted by molar-refractivity contribution is 9.12. The average molecular weight is 715 g/mol. The van der Waals surface area contributed by atoms with E-state index in [1.54, 1.807) is 18.2 Å². The lowest BCUT2D eigenvalue weighted by atomic mass is 9.97. The van der Waals surface area contributed by atoms with Gasteiger partial charge in [-0.05, 0) is 64.2 Å². The Morgan fingerprint density at radius 3 is 2.15 bits per heavy atom. The number of carbonyl (C=O) groups is 4. The lowest BCUT2D eigenvalue weighted by Gasteiger charge is -2.37. The number of halogens is 1. The van der Waals surface area contributed by atoms with E-state index in [1.165, 1.54) is 0 Å². The van der Waals surface area contributed by atoms with E-state index < -0.39 is 41.9 Å². The number of benzene rings is 2. The van der Waals surface area contributed by atoms with Gasteiger partial charge < -0.3 is 32.6 Å². The Morgan fingerprint density at radius 2 is 1.57 bits per heavy atom. The quantitative estimate of drug-likeness (QED) is 0.0709. The van der Waals surface area contributed by atoms with Crippen molar-refractivity contribution in [2.45, 2.75) is 71.7 Å². The molecule has 2 aromatic rings. The Labute approximate surface area is 285 Å². The highest BCUT2D eigenvalue weighted by Crippen LogP contribution is 2.19. The number of carbonyl (C=O) groups excluding carboxylic acids is 4. The van der Waals surface area contributed by atoms with Crippen LogP contribution in [0.1, 0.15) is 58.1 Å². The third kappa shape index (κ3) is 14.0. The molecular formula is C34H48BrN7O5. The molecule has 0 unspecified atom stereocenters. The van der Waals surface area contributed by atoms with Crippen LogP contribution in [0.3, 0.4) is 0 Å². The molecule has 13 heteroatoms. The van der Waals surface area contributed by atoms with Crippen LogP contribution in [0, 0.1) is 11.8 Å². The van der Waals surface area contributed by atoms with Crippen molar-refractivity contribution < 1.29 is 23.9 Å². The van der Waals surface area contributed by atoms with Crippen LogP contribution in [-0.2, 0) is 25.7 Å². The maximum atomic E-state index is 14.3. The summed E-state index contributed by atoms with van der Waals surface area (Å²) in [5, 5.41) is 5.47. The number of imide groups is 1. The fourth-order valence-electron chi connectivity index (χ4n) is 4.73. The van der Waals surface area contributed by atoms with E-state index in [9.17, 15) is 19.2 Å². The number of rotatable bonds is 17. The van der Waals surface area contributed by atoms with Crippen LogP contribution in [0.25, 0.3) is 6.08 Å². The van der Waals surface area contributed by atoms with Crippen LogP contribution < -0.4 is 27.8 Å². The largest absolute Gasteiger partial charge is 0.445 e. The lowest BCUT2D eigenvalue weighted by molar-refractivity contribution is -0.151. The van der Waals surface area contributed by atoms with Gasteiger partial charge in [-0.3, -0.25) is 24.3 Å². The SMILES string of the molecule is CC(C)C[C@H](N)C(=O)N(C(=O)[C@H](CCCN=C(N)N)NC(=O)OCc1ccccc1)[C@H](CNC(=O)/C(Br)=C/c1ccccc1)C(C)C. The van der Waals surface area contributed by atoms with E-state index in [0.29, 0.717) is 12.8 Å². The molecule has 0 radical (unpaired) electrons. The molecule has 0 saturated heterocycles. The summed E-state index contributed by atoms with van der Waals surface area (Å²) in [6.45, 7) is 7.64. The number of amides is 4. The summed E-state index contributed by atoms with van der Waals surface area (Å²) in [6, 6.07) is 15.4. The number of nitrogens with one attached hydrogen (secondary N) is 2. The van der Waals surface area contributed by atoms with Crippen LogP contribution in [-0.4, -0.2) is 65.9 Å². The van der Waals surface area contributed by atoms with Gasteiger partial charge in [0.2, 0.25) is 5.91 Å². The summed E-state index contributed by atoms with van der Waals surface area (Å²) >= 11 is 3.33. The standard InChI is InChI=1S/C34H48BrN7O5/c1-22(2)18-27(36)31(44)42(29(23(3)4)20-40-30(43)26(35)19-24-12-7-5-8-13-24)32(45)28(16-11-17-39-33(37)38)41-34(46)47-21-25-14-9-6-10-15-25/h5-10,12-15,19,22-23,27-29H,11,16-18,20-21,36H2,1-4H3,(H,40,43)(H,41,46)(H4,37,38,39)/b26-19-/t27-,28-,29+/m0/s1. The zero-order valence-corrected chi connectivity index (χ0v) is 29.1. The topological polar surface area (TPSA) is 195 Å². The Bertz CT molecular complexity index is 1370. The van der Waals surface area contributed by atoms with Gasteiger partial charge in [0.05, 0.1) is 16.6 Å². The molecule has 47 heavy (non-hydrogen) atoms. The molecule has 12 nitrogen and oxygen atoms in total. The predicted molar refractivity (Wildman–Crippen MR) is 188 cm³/mol. The third-order valence-corrected chi connectivity index (χ3v) is 7.74. The van der Waals surface area contributed by atoms with Crippen molar-refractivity contribution in [1.82, 2.24) is 15.5 Å². The second-order valence-electron chi connectivity index (χ2n) is 11.9. The average Bonchev–Trinajstić information content (AvgIpc) is 3.03. The number of hydrogen-bond donors (Lipinski definition) is 5. The molecule has 0 saturated carbocycles. The molecule has 0 aliphatic carbocycles. The van der Waals surface area contributed by atoms with Crippen LogP contribution in [0.5, 0.6) is 0 Å². The molecule has 3 atom stereocenters. The van der Waals surface area contributed by atoms with E-state index in [1.807, 2.05) is 76.2 Å². The molecule has 2 rings (SSSR count). The number of aliphatic imine (C=N–C) groups is 1. The fraction of sp³-hybridized carbons (Fsp3) is 0.441. The van der Waals surface area contributed by atoms with Crippen LogP contribution in [0.4, 0.5) is 4.79 Å². The van der Waals surface area contributed by atoms with Gasteiger partial charge in [-0.15, -0.1) is 0 Å². The van der Waals surface area contributed by atoms with Crippen molar-refractivity contribution in [2.75, 3.05) is 13.1 Å². The molecule has 0 fully saturated rings. The number of nitrogens with zero attached hydrogens (tertiary/aromatic N) is 2. The third-order valence-electron chi connectivity index (χ3n) is 7.15. The Kier molecular flexibility index (Phi) is 16.7. The van der Waals surface area contributed by atoms with E-state index in [4.69, 9.17) is 21.9 Å². The van der Waals surface area contributed by atoms with E-state index in [0.717, 1.165) is 16.0 Å². The first kappa shape index (κ1) is 39.0. The molecule has 0 aromatic heterocycles. The maximum Gasteiger partial charge on any atom is 0.408 e. The summed E-state index contributed by atoms with van der Waals surface area (Å²) in [5.41, 5.74) is 18.9. The zero-order valence-electron chi connectivity index (χ0n) is 27.5. The molecule has 4 amide bonds. The summed E-state index contributed by atoms with van der Waals surface area (Å²) in [7, 11) is 0. The summed E-state index contributed by atoms with van der Waals surface area (Å²) < 4.78 is 5.66. The van der Waals surface area contributed by atoms with Gasteiger partial charge in [-0.1, -0.05) is 88.4 Å². The Balaban J connectivity index is 2.38. The fourth-order valence-corrected chi connectivity index (χ4v) is 5.13. The monoisotopic (exact) mass is 713 g/mol. The van der Waals surface area contributed by atoms with E-state index >= 15 is 0 Å². The zero-order chi connectivity index (χ0) is 34.9. The van der Waals surface area contributed by atoms with Crippen LogP contribution >= 0.6 is 15.9 Å². The van der Waals surface area contributed by atoms with Gasteiger partial charge in [0, 0.05) is 13.1 Å². The van der Waals surface area contributed by atoms with Crippen LogP contribution in [0.15, 0.2) is 70.1 Å². The molecule has 256 valence electrons. The van der Waals surface area contributed by atoms with Gasteiger partial charge in [0.25, 0.3) is 11.8 Å². The second-order valence-corrected chi connectivity index (χ2v) is 12.8. The number of guanidine groups is 1. The number of alkyl carbamates (subject to hydrolysis) is 1. The predicted octanol–water partition coefficient (Wildman–Crippen LogP) is 3.64. The smallest absolute Gasteiger partial charge is 0.408 e. The summed E-state index contributed by atoms with van der Waals surface area (Å²) in [6.07, 6.45) is 1.57. The first-order valence-corrected chi connectivity index (χ1v) is 16.4. The maximum absolute atomic E-state index is 14.3. The van der Waals surface area contributed by atoms with Crippen molar-refractivity contribution in [3.63, 3.8) is 0 Å². The molecule has 0 aliphatic rings. The molecule has 8 N–H and O–H groups in total. The highest BCUT2D eigenvalue weighted by atomic mass is 79.9. The van der Waals surface area contributed by atoms with E-state index in [-0.39, 0.29) is 48.4 Å². The van der Waals surface area contributed by atoms with Crippen molar-refractivity contribution in [3.05, 3.63) is 76.3 Å². The van der Waals surface area contributed by atoms with Gasteiger partial charge >= 0.3 is 6.09 Å². The molecular weight excluding hydrogens is 666 g/mol. The van der Waals surface area contributed by atoms with Gasteiger partial charge in [-0.2, -0.15) is 0 Å². The molecule has 0 heterocycles.